The Labute approximate surface area is 129 Å². The number of halogens is 1. The summed E-state index contributed by atoms with van der Waals surface area (Å²) in [5.74, 6) is 1.61. The number of hydrogen-bond donors (Lipinski definition) is 1. The van der Waals surface area contributed by atoms with Gasteiger partial charge in [-0.2, -0.15) is 11.8 Å². The van der Waals surface area contributed by atoms with E-state index < -0.39 is 0 Å². The Morgan fingerprint density at radius 1 is 1.55 bits per heavy atom. The molecule has 0 aliphatic carbocycles. The molecule has 20 heavy (non-hydrogen) atoms. The summed E-state index contributed by atoms with van der Waals surface area (Å²) >= 11 is 8.07. The van der Waals surface area contributed by atoms with Crippen molar-refractivity contribution in [2.24, 2.45) is 0 Å². The van der Waals surface area contributed by atoms with Crippen LogP contribution in [0.15, 0.2) is 12.1 Å². The van der Waals surface area contributed by atoms with Crippen molar-refractivity contribution in [1.29, 1.82) is 0 Å². The maximum absolute atomic E-state index is 12.6. The van der Waals surface area contributed by atoms with E-state index in [1.54, 1.807) is 12.1 Å². The number of hydrogen-bond acceptors (Lipinski definition) is 4. The van der Waals surface area contributed by atoms with Gasteiger partial charge in [-0.05, 0) is 25.5 Å². The minimum Gasteiger partial charge on any atom is -0.370 e. The van der Waals surface area contributed by atoms with Crippen LogP contribution >= 0.6 is 23.4 Å². The van der Waals surface area contributed by atoms with Crippen LogP contribution in [0, 0.1) is 0 Å². The SMILES string of the molecule is CCNc1ccc(Cl)c(C(=O)N2CCSC(CC)C2)n1. The molecular weight excluding hydrogens is 294 g/mol. The summed E-state index contributed by atoms with van der Waals surface area (Å²) in [6.07, 6.45) is 1.08. The van der Waals surface area contributed by atoms with Crippen molar-refractivity contribution in [3.8, 4) is 0 Å². The van der Waals surface area contributed by atoms with Crippen molar-refractivity contribution in [2.45, 2.75) is 25.5 Å². The number of amides is 1. The minimum absolute atomic E-state index is 0.0616. The van der Waals surface area contributed by atoms with Crippen molar-refractivity contribution in [1.82, 2.24) is 9.88 Å². The number of thioether (sulfide) groups is 1. The topological polar surface area (TPSA) is 45.2 Å². The predicted molar refractivity (Wildman–Crippen MR) is 85.9 cm³/mol. The maximum atomic E-state index is 12.6. The van der Waals surface area contributed by atoms with Gasteiger partial charge in [-0.15, -0.1) is 0 Å². The van der Waals surface area contributed by atoms with Gasteiger partial charge in [-0.1, -0.05) is 18.5 Å². The predicted octanol–water partition coefficient (Wildman–Crippen LogP) is 3.13. The maximum Gasteiger partial charge on any atom is 0.274 e. The zero-order chi connectivity index (χ0) is 14.5. The van der Waals surface area contributed by atoms with Crippen LogP contribution in [0.1, 0.15) is 30.8 Å². The first-order chi connectivity index (χ1) is 9.65. The van der Waals surface area contributed by atoms with Crippen molar-refractivity contribution in [3.05, 3.63) is 22.8 Å². The molecule has 6 heteroatoms. The number of carbonyl (C=O) groups excluding carboxylic acids is 1. The third-order valence-corrected chi connectivity index (χ3v) is 4.96. The van der Waals surface area contributed by atoms with Gasteiger partial charge in [0.15, 0.2) is 0 Å². The lowest BCUT2D eigenvalue weighted by atomic mass is 10.2. The second-order valence-electron chi connectivity index (χ2n) is 4.71. The van der Waals surface area contributed by atoms with Crippen LogP contribution in [0.5, 0.6) is 0 Å². The zero-order valence-electron chi connectivity index (χ0n) is 11.9. The Balaban J connectivity index is 2.17. The summed E-state index contributed by atoms with van der Waals surface area (Å²) in [4.78, 5) is 18.8. The number of nitrogens with one attached hydrogen (secondary N) is 1. The van der Waals surface area contributed by atoms with Gasteiger partial charge in [0.2, 0.25) is 0 Å². The Bertz CT molecular complexity index is 483. The fourth-order valence-electron chi connectivity index (χ4n) is 2.17. The van der Waals surface area contributed by atoms with Crippen molar-refractivity contribution < 1.29 is 4.79 Å². The molecule has 1 fully saturated rings. The summed E-state index contributed by atoms with van der Waals surface area (Å²) in [7, 11) is 0. The number of pyridine rings is 1. The molecule has 1 saturated heterocycles. The Hall–Kier alpha value is -0.940. The number of aromatic nitrogens is 1. The van der Waals surface area contributed by atoms with Crippen LogP contribution in [0.3, 0.4) is 0 Å². The molecule has 0 radical (unpaired) electrons. The van der Waals surface area contributed by atoms with E-state index in [9.17, 15) is 4.79 Å². The molecule has 1 amide bonds. The highest BCUT2D eigenvalue weighted by Crippen LogP contribution is 2.24. The fourth-order valence-corrected chi connectivity index (χ4v) is 3.54. The van der Waals surface area contributed by atoms with Crippen LogP contribution in [-0.4, -0.2) is 46.4 Å². The number of anilines is 1. The molecule has 1 aliphatic rings. The van der Waals surface area contributed by atoms with Crippen LogP contribution in [0.2, 0.25) is 5.02 Å². The first-order valence-corrected chi connectivity index (χ1v) is 8.39. The van der Waals surface area contributed by atoms with Crippen LogP contribution in [0.4, 0.5) is 5.82 Å². The van der Waals surface area contributed by atoms with E-state index in [4.69, 9.17) is 11.6 Å². The smallest absolute Gasteiger partial charge is 0.274 e. The molecule has 0 spiro atoms. The molecule has 1 unspecified atom stereocenters. The molecular formula is C14H20ClN3OS. The van der Waals surface area contributed by atoms with Gasteiger partial charge >= 0.3 is 0 Å². The Kier molecular flexibility index (Phi) is 5.54. The molecule has 1 N–H and O–H groups in total. The molecule has 110 valence electrons. The second kappa shape index (κ2) is 7.18. The summed E-state index contributed by atoms with van der Waals surface area (Å²) in [6, 6.07) is 3.53. The van der Waals surface area contributed by atoms with E-state index in [1.165, 1.54) is 0 Å². The molecule has 2 rings (SSSR count). The van der Waals surface area contributed by atoms with Crippen molar-refractivity contribution in [2.75, 3.05) is 30.7 Å². The van der Waals surface area contributed by atoms with Gasteiger partial charge in [0.25, 0.3) is 5.91 Å². The normalized spacial score (nSPS) is 18.9. The lowest BCUT2D eigenvalue weighted by molar-refractivity contribution is 0.0755. The quantitative estimate of drug-likeness (QED) is 0.927. The third-order valence-electron chi connectivity index (χ3n) is 3.29. The van der Waals surface area contributed by atoms with Gasteiger partial charge in [0.1, 0.15) is 11.5 Å². The third kappa shape index (κ3) is 3.58. The average Bonchev–Trinajstić information content (AvgIpc) is 2.49. The standard InChI is InChI=1S/C14H20ClN3OS/c1-3-10-9-18(7-8-20-10)14(19)13-11(15)5-6-12(17-13)16-4-2/h5-6,10H,3-4,7-9H2,1-2H3,(H,16,17). The van der Waals surface area contributed by atoms with E-state index in [1.807, 2.05) is 23.6 Å². The molecule has 1 aromatic rings. The minimum atomic E-state index is -0.0616. The van der Waals surface area contributed by atoms with E-state index in [0.717, 1.165) is 31.8 Å². The Morgan fingerprint density at radius 3 is 3.05 bits per heavy atom. The highest BCUT2D eigenvalue weighted by atomic mass is 35.5. The zero-order valence-corrected chi connectivity index (χ0v) is 13.4. The molecule has 4 nitrogen and oxygen atoms in total. The van der Waals surface area contributed by atoms with Gasteiger partial charge < -0.3 is 10.2 Å². The number of nitrogens with zero attached hydrogens (tertiary/aromatic N) is 2. The molecule has 0 saturated carbocycles. The first kappa shape index (κ1) is 15.4. The molecule has 0 aromatic carbocycles. The van der Waals surface area contributed by atoms with E-state index in [2.05, 4.69) is 17.2 Å². The first-order valence-electron chi connectivity index (χ1n) is 6.97. The lowest BCUT2D eigenvalue weighted by Crippen LogP contribution is -2.42. The summed E-state index contributed by atoms with van der Waals surface area (Å²) in [5.41, 5.74) is 0.354. The van der Waals surface area contributed by atoms with Crippen LogP contribution < -0.4 is 5.32 Å². The largest absolute Gasteiger partial charge is 0.370 e. The van der Waals surface area contributed by atoms with Gasteiger partial charge in [0, 0.05) is 30.6 Å². The van der Waals surface area contributed by atoms with Crippen LogP contribution in [-0.2, 0) is 0 Å². The molecule has 1 aromatic heterocycles. The highest BCUT2D eigenvalue weighted by molar-refractivity contribution is 8.00. The molecule has 2 heterocycles. The van der Waals surface area contributed by atoms with E-state index in [-0.39, 0.29) is 5.91 Å². The van der Waals surface area contributed by atoms with Crippen molar-refractivity contribution in [3.63, 3.8) is 0 Å². The number of carbonyl (C=O) groups is 1. The summed E-state index contributed by atoms with van der Waals surface area (Å²) < 4.78 is 0. The molecule has 0 bridgehead atoms. The van der Waals surface area contributed by atoms with Gasteiger partial charge in [0.05, 0.1) is 5.02 Å². The number of rotatable bonds is 4. The van der Waals surface area contributed by atoms with E-state index in [0.29, 0.717) is 21.8 Å². The second-order valence-corrected chi connectivity index (χ2v) is 6.52. The Morgan fingerprint density at radius 2 is 2.35 bits per heavy atom. The van der Waals surface area contributed by atoms with E-state index >= 15 is 0 Å². The monoisotopic (exact) mass is 313 g/mol. The van der Waals surface area contributed by atoms with Gasteiger partial charge in [-0.25, -0.2) is 4.98 Å². The van der Waals surface area contributed by atoms with Gasteiger partial charge in [-0.3, -0.25) is 4.79 Å². The molecule has 1 aliphatic heterocycles. The average molecular weight is 314 g/mol. The summed E-state index contributed by atoms with van der Waals surface area (Å²) in [5, 5.41) is 4.04. The van der Waals surface area contributed by atoms with Crippen molar-refractivity contribution >= 4 is 35.1 Å². The molecule has 1 atom stereocenters. The van der Waals surface area contributed by atoms with Crippen LogP contribution in [0.25, 0.3) is 0 Å². The highest BCUT2D eigenvalue weighted by Gasteiger charge is 2.26. The lowest BCUT2D eigenvalue weighted by Gasteiger charge is -2.31. The fraction of sp³-hybridized carbons (Fsp3) is 0.571. The summed E-state index contributed by atoms with van der Waals surface area (Å²) in [6.45, 7) is 6.46.